The Balaban J connectivity index is 1.69. The lowest BCUT2D eigenvalue weighted by Crippen LogP contribution is -2.05. The summed E-state index contributed by atoms with van der Waals surface area (Å²) in [6, 6.07) is 15.1. The van der Waals surface area contributed by atoms with Gasteiger partial charge in [0.2, 0.25) is 11.6 Å². The van der Waals surface area contributed by atoms with Gasteiger partial charge in [-0.15, -0.1) is 0 Å². The van der Waals surface area contributed by atoms with Crippen molar-refractivity contribution in [2.24, 2.45) is 0 Å². The van der Waals surface area contributed by atoms with Crippen molar-refractivity contribution in [1.82, 2.24) is 15.0 Å². The Morgan fingerprint density at radius 2 is 1.70 bits per heavy atom. The van der Waals surface area contributed by atoms with Crippen LogP contribution in [0.4, 0.5) is 28.1 Å². The fraction of sp³-hybridized carbons (Fsp3) is 0. The van der Waals surface area contributed by atoms with Crippen LogP contribution < -0.4 is 10.6 Å². The van der Waals surface area contributed by atoms with Crippen LogP contribution in [0.3, 0.4) is 0 Å². The van der Waals surface area contributed by atoms with E-state index >= 15 is 0 Å². The third-order valence-corrected chi connectivity index (χ3v) is 5.30. The first-order chi connectivity index (χ1) is 13.1. The van der Waals surface area contributed by atoms with E-state index in [1.165, 1.54) is 17.7 Å². The van der Waals surface area contributed by atoms with Gasteiger partial charge in [0, 0.05) is 9.26 Å². The molecule has 0 saturated carbocycles. The molecule has 8 nitrogen and oxygen atoms in total. The second-order valence-corrected chi connectivity index (χ2v) is 7.70. The van der Waals surface area contributed by atoms with Crippen LogP contribution in [-0.2, 0) is 0 Å². The fourth-order valence-corrected chi connectivity index (χ4v) is 3.66. The number of thiazole rings is 1. The number of nitrogens with zero attached hydrogens (tertiary/aromatic N) is 4. The number of hydrogen-bond donors (Lipinski definition) is 2. The smallest absolute Gasteiger partial charge is 0.334 e. The first-order valence-corrected chi connectivity index (χ1v) is 9.64. The minimum Gasteiger partial charge on any atom is -0.334 e. The van der Waals surface area contributed by atoms with Gasteiger partial charge in [0.25, 0.3) is 0 Å². The quantitative estimate of drug-likeness (QED) is 0.228. The highest BCUT2D eigenvalue weighted by molar-refractivity contribution is 14.1. The Morgan fingerprint density at radius 3 is 2.41 bits per heavy atom. The number of fused-ring (bicyclic) bond motifs is 1. The van der Waals surface area contributed by atoms with Gasteiger partial charge < -0.3 is 10.6 Å². The third-order valence-electron chi connectivity index (χ3n) is 3.63. The monoisotopic (exact) mass is 490 g/mol. The fourth-order valence-electron chi connectivity index (χ4n) is 2.43. The molecule has 4 rings (SSSR count). The second kappa shape index (κ2) is 7.40. The number of benzene rings is 2. The number of rotatable bonds is 5. The van der Waals surface area contributed by atoms with Gasteiger partial charge in [-0.05, 0) is 59.0 Å². The molecule has 0 fully saturated rings. The lowest BCUT2D eigenvalue weighted by molar-refractivity contribution is -0.383. The molecule has 2 N–H and O–H groups in total. The molecular weight excluding hydrogens is 479 g/mol. The van der Waals surface area contributed by atoms with Crippen LogP contribution in [0.5, 0.6) is 0 Å². The zero-order chi connectivity index (χ0) is 18.8. The Labute approximate surface area is 171 Å². The van der Waals surface area contributed by atoms with Crippen LogP contribution in [0.2, 0.25) is 0 Å². The van der Waals surface area contributed by atoms with E-state index in [1.54, 1.807) is 0 Å². The number of para-hydroxylation sites is 1. The van der Waals surface area contributed by atoms with Crippen molar-refractivity contribution >= 4 is 72.3 Å². The molecule has 2 aromatic heterocycles. The summed E-state index contributed by atoms with van der Waals surface area (Å²) in [5.74, 6) is 0.196. The molecule has 0 atom stereocenters. The van der Waals surface area contributed by atoms with E-state index in [1.807, 2.05) is 48.5 Å². The van der Waals surface area contributed by atoms with E-state index in [2.05, 4.69) is 48.2 Å². The summed E-state index contributed by atoms with van der Waals surface area (Å²) in [6.45, 7) is 0. The maximum Gasteiger partial charge on any atom is 0.353 e. The van der Waals surface area contributed by atoms with Gasteiger partial charge in [0.1, 0.15) is 6.33 Å². The normalized spacial score (nSPS) is 10.7. The van der Waals surface area contributed by atoms with E-state index in [4.69, 9.17) is 0 Å². The summed E-state index contributed by atoms with van der Waals surface area (Å²) < 4.78 is 2.04. The first-order valence-electron chi connectivity index (χ1n) is 7.75. The van der Waals surface area contributed by atoms with Crippen molar-refractivity contribution < 1.29 is 4.92 Å². The minimum atomic E-state index is -0.509. The van der Waals surface area contributed by atoms with Gasteiger partial charge in [0.15, 0.2) is 5.13 Å². The number of hydrogen-bond acceptors (Lipinski definition) is 8. The summed E-state index contributed by atoms with van der Waals surface area (Å²) >= 11 is 3.59. The van der Waals surface area contributed by atoms with Crippen LogP contribution >= 0.6 is 33.9 Å². The van der Waals surface area contributed by atoms with Gasteiger partial charge in [-0.25, -0.2) is 15.0 Å². The van der Waals surface area contributed by atoms with Gasteiger partial charge >= 0.3 is 5.69 Å². The number of halogens is 1. The highest BCUT2D eigenvalue weighted by atomic mass is 127. The van der Waals surface area contributed by atoms with Crippen molar-refractivity contribution in [1.29, 1.82) is 0 Å². The molecule has 0 amide bonds. The maximum atomic E-state index is 11.7. The van der Waals surface area contributed by atoms with Crippen LogP contribution in [0.1, 0.15) is 0 Å². The predicted octanol–water partition coefficient (Wildman–Crippen LogP) is 5.09. The van der Waals surface area contributed by atoms with Crippen molar-refractivity contribution in [3.05, 3.63) is 68.5 Å². The average molecular weight is 490 g/mol. The molecule has 0 aliphatic heterocycles. The van der Waals surface area contributed by atoms with E-state index in [9.17, 15) is 10.1 Å². The van der Waals surface area contributed by atoms with Gasteiger partial charge in [0.05, 0.1) is 15.1 Å². The van der Waals surface area contributed by atoms with Gasteiger partial charge in [-0.3, -0.25) is 10.1 Å². The number of anilines is 4. The molecule has 0 radical (unpaired) electrons. The zero-order valence-corrected chi connectivity index (χ0v) is 16.6. The van der Waals surface area contributed by atoms with Crippen molar-refractivity contribution in [3.63, 3.8) is 0 Å². The molecule has 0 unspecified atom stereocenters. The highest BCUT2D eigenvalue weighted by Crippen LogP contribution is 2.35. The van der Waals surface area contributed by atoms with E-state index in [0.29, 0.717) is 10.8 Å². The Hall–Kier alpha value is -2.86. The van der Waals surface area contributed by atoms with Crippen LogP contribution in [0.15, 0.2) is 54.9 Å². The number of nitro groups is 1. The SMILES string of the molecule is O=[N+]([O-])c1c(Nc2ccc(I)cc2)ncnc1Nc1nc2ccccc2s1. The largest absolute Gasteiger partial charge is 0.353 e. The van der Waals surface area contributed by atoms with Crippen LogP contribution in [-0.4, -0.2) is 19.9 Å². The molecular formula is C17H11IN6O2S. The van der Waals surface area contributed by atoms with Crippen molar-refractivity contribution in [2.75, 3.05) is 10.6 Å². The highest BCUT2D eigenvalue weighted by Gasteiger charge is 2.24. The molecule has 2 aromatic carbocycles. The lowest BCUT2D eigenvalue weighted by atomic mass is 10.3. The molecule has 10 heteroatoms. The summed E-state index contributed by atoms with van der Waals surface area (Å²) in [5, 5.41) is 18.1. The van der Waals surface area contributed by atoms with Gasteiger partial charge in [-0.1, -0.05) is 23.5 Å². The number of aromatic nitrogens is 3. The topological polar surface area (TPSA) is 106 Å². The Morgan fingerprint density at radius 1 is 1.00 bits per heavy atom. The van der Waals surface area contributed by atoms with Gasteiger partial charge in [-0.2, -0.15) is 0 Å². The summed E-state index contributed by atoms with van der Waals surface area (Å²) in [6.07, 6.45) is 1.28. The summed E-state index contributed by atoms with van der Waals surface area (Å²) in [7, 11) is 0. The second-order valence-electron chi connectivity index (χ2n) is 5.42. The molecule has 27 heavy (non-hydrogen) atoms. The summed E-state index contributed by atoms with van der Waals surface area (Å²) in [5.41, 5.74) is 1.28. The molecule has 0 saturated heterocycles. The third kappa shape index (κ3) is 3.80. The lowest BCUT2D eigenvalue weighted by Gasteiger charge is -2.09. The van der Waals surface area contributed by atoms with Crippen molar-refractivity contribution in [2.45, 2.75) is 0 Å². The Kier molecular flexibility index (Phi) is 4.81. The molecule has 2 heterocycles. The van der Waals surface area contributed by atoms with Crippen molar-refractivity contribution in [3.8, 4) is 0 Å². The maximum absolute atomic E-state index is 11.7. The standard InChI is InChI=1S/C17H11IN6O2S/c18-10-5-7-11(8-6-10)21-15-14(24(25)26)16(20-9-19-15)23-17-22-12-3-1-2-4-13(12)27-17/h1-9H,(H2,19,20,21,22,23). The minimum absolute atomic E-state index is 0.0852. The van der Waals surface area contributed by atoms with E-state index < -0.39 is 4.92 Å². The first kappa shape index (κ1) is 17.5. The number of nitrogens with one attached hydrogen (secondary N) is 2. The van der Waals surface area contributed by atoms with Crippen LogP contribution in [0, 0.1) is 13.7 Å². The predicted molar refractivity (Wildman–Crippen MR) is 114 cm³/mol. The Bertz CT molecular complexity index is 1100. The zero-order valence-electron chi connectivity index (χ0n) is 13.6. The van der Waals surface area contributed by atoms with Crippen LogP contribution in [0.25, 0.3) is 10.2 Å². The van der Waals surface area contributed by atoms with E-state index in [0.717, 1.165) is 13.8 Å². The molecule has 0 spiro atoms. The van der Waals surface area contributed by atoms with E-state index in [-0.39, 0.29) is 17.3 Å². The molecule has 0 bridgehead atoms. The molecule has 4 aromatic rings. The molecule has 0 aliphatic rings. The average Bonchev–Trinajstić information content (AvgIpc) is 3.06. The molecule has 0 aliphatic carbocycles. The molecule has 134 valence electrons. The summed E-state index contributed by atoms with van der Waals surface area (Å²) in [4.78, 5) is 23.7.